The van der Waals surface area contributed by atoms with Crippen molar-refractivity contribution in [2.75, 3.05) is 6.54 Å². The van der Waals surface area contributed by atoms with Crippen molar-refractivity contribution in [2.24, 2.45) is 0 Å². The smallest absolute Gasteiger partial charge is 0.302 e. The molecule has 1 fully saturated rings. The van der Waals surface area contributed by atoms with Gasteiger partial charge in [-0.2, -0.15) is 8.78 Å². The van der Waals surface area contributed by atoms with Crippen LogP contribution in [0.1, 0.15) is 36.1 Å². The Kier molecular flexibility index (Phi) is 6.97. The van der Waals surface area contributed by atoms with Crippen LogP contribution in [0, 0.1) is 0 Å². The number of hydrogen-bond donors (Lipinski definition) is 1. The van der Waals surface area contributed by atoms with E-state index in [2.05, 4.69) is 6.07 Å². The highest BCUT2D eigenvalue weighted by Gasteiger charge is 2.39. The van der Waals surface area contributed by atoms with Gasteiger partial charge in [0.25, 0.3) is 0 Å². The van der Waals surface area contributed by atoms with E-state index in [0.29, 0.717) is 13.0 Å². The zero-order valence-electron chi connectivity index (χ0n) is 15.6. The molecule has 1 aromatic carbocycles. The molecule has 2 atom stereocenters. The maximum atomic E-state index is 14.5. The number of piperidine rings is 1. The number of amides is 1. The molecule has 1 aliphatic rings. The number of aliphatic hydroxyl groups excluding tert-OH is 1. The summed E-state index contributed by atoms with van der Waals surface area (Å²) in [6.07, 6.45) is 4.47. The summed E-state index contributed by atoms with van der Waals surface area (Å²) in [5.74, 6) is -3.32. The summed E-state index contributed by atoms with van der Waals surface area (Å²) < 4.78 is 28.9. The van der Waals surface area contributed by atoms with Crippen molar-refractivity contribution in [1.29, 1.82) is 0 Å². The quantitative estimate of drug-likeness (QED) is 0.643. The first-order valence-corrected chi connectivity index (χ1v) is 10.5. The van der Waals surface area contributed by atoms with Crippen LogP contribution in [-0.4, -0.2) is 34.6 Å². The molecule has 2 aromatic rings. The Morgan fingerprint density at radius 1 is 1.25 bits per heavy atom. The average Bonchev–Trinajstić information content (AvgIpc) is 3.22. The van der Waals surface area contributed by atoms with Crippen LogP contribution in [0.15, 0.2) is 60.0 Å². The van der Waals surface area contributed by atoms with Gasteiger partial charge in [0.2, 0.25) is 5.91 Å². The lowest BCUT2D eigenvalue weighted by molar-refractivity contribution is -0.135. The van der Waals surface area contributed by atoms with Gasteiger partial charge in [-0.3, -0.25) is 4.79 Å². The summed E-state index contributed by atoms with van der Waals surface area (Å²) in [6, 6.07) is 11.1. The highest BCUT2D eigenvalue weighted by molar-refractivity contribution is 7.09. The van der Waals surface area contributed by atoms with Crippen molar-refractivity contribution in [3.05, 3.63) is 70.4 Å². The summed E-state index contributed by atoms with van der Waals surface area (Å²) in [5.41, 5.74) is -0.223. The van der Waals surface area contributed by atoms with E-state index >= 15 is 0 Å². The van der Waals surface area contributed by atoms with Crippen molar-refractivity contribution >= 4 is 17.2 Å². The van der Waals surface area contributed by atoms with E-state index in [1.165, 1.54) is 29.1 Å². The Labute approximate surface area is 168 Å². The average molecular weight is 406 g/mol. The monoisotopic (exact) mass is 405 g/mol. The van der Waals surface area contributed by atoms with E-state index in [4.69, 9.17) is 0 Å². The molecule has 1 aromatic heterocycles. The number of hydrogen-bond acceptors (Lipinski definition) is 3. The minimum Gasteiger partial charge on any atom is -0.382 e. The van der Waals surface area contributed by atoms with Crippen molar-refractivity contribution in [3.8, 4) is 0 Å². The van der Waals surface area contributed by atoms with Gasteiger partial charge in [-0.05, 0) is 37.1 Å². The third kappa shape index (κ3) is 5.06. The molecule has 0 bridgehead atoms. The van der Waals surface area contributed by atoms with Crippen LogP contribution in [0.5, 0.6) is 0 Å². The molecule has 6 heteroatoms. The van der Waals surface area contributed by atoms with Gasteiger partial charge in [-0.15, -0.1) is 11.3 Å². The van der Waals surface area contributed by atoms with Gasteiger partial charge in [0.1, 0.15) is 6.10 Å². The number of aryl methyl sites for hydroxylation is 1. The fourth-order valence-corrected chi connectivity index (χ4v) is 4.25. The topological polar surface area (TPSA) is 40.5 Å². The molecule has 0 saturated carbocycles. The third-order valence-corrected chi connectivity index (χ3v) is 6.00. The number of carbonyl (C=O) groups is 1. The minimum absolute atomic E-state index is 0.0522. The van der Waals surface area contributed by atoms with E-state index in [0.717, 1.165) is 31.8 Å². The van der Waals surface area contributed by atoms with E-state index in [1.807, 2.05) is 11.4 Å². The maximum absolute atomic E-state index is 14.5. The summed E-state index contributed by atoms with van der Waals surface area (Å²) in [5, 5.41) is 12.1. The van der Waals surface area contributed by atoms with Gasteiger partial charge >= 0.3 is 5.92 Å². The highest BCUT2D eigenvalue weighted by Crippen LogP contribution is 2.32. The first-order valence-electron chi connectivity index (χ1n) is 9.60. The molecule has 0 spiro atoms. The van der Waals surface area contributed by atoms with E-state index in [9.17, 15) is 18.7 Å². The Morgan fingerprint density at radius 2 is 2.04 bits per heavy atom. The molecule has 28 heavy (non-hydrogen) atoms. The fourth-order valence-electron chi connectivity index (χ4n) is 3.50. The number of thiophene rings is 1. The summed E-state index contributed by atoms with van der Waals surface area (Å²) >= 11 is 1.69. The number of alkyl halides is 2. The van der Waals surface area contributed by atoms with E-state index < -0.39 is 12.0 Å². The molecule has 0 radical (unpaired) electrons. The van der Waals surface area contributed by atoms with E-state index in [-0.39, 0.29) is 17.5 Å². The lowest BCUT2D eigenvalue weighted by Crippen LogP contribution is -2.43. The van der Waals surface area contributed by atoms with Gasteiger partial charge < -0.3 is 10.0 Å². The maximum Gasteiger partial charge on any atom is 0.302 e. The predicted molar refractivity (Wildman–Crippen MR) is 107 cm³/mol. The standard InChI is InChI=1S/C22H25F2NO2S/c23-22(24,17-7-2-1-3-8-17)20(26)14-13-18-9-4-12-21(27)25(18)15-5-10-19-11-6-16-28-19/h1-3,6-8,11,13-14,16,18,20,26H,4-5,9-10,12,15H2/b14-13+/t18-,20+/m1/s1. The summed E-state index contributed by atoms with van der Waals surface area (Å²) in [4.78, 5) is 15.4. The lowest BCUT2D eigenvalue weighted by atomic mass is 9.98. The zero-order valence-corrected chi connectivity index (χ0v) is 16.5. The number of rotatable bonds is 8. The molecule has 3 nitrogen and oxygen atoms in total. The first-order chi connectivity index (χ1) is 13.5. The van der Waals surface area contributed by atoms with Gasteiger partial charge in [-0.1, -0.05) is 48.6 Å². The van der Waals surface area contributed by atoms with Crippen LogP contribution in [0.25, 0.3) is 0 Å². The minimum atomic E-state index is -3.37. The number of aliphatic hydroxyl groups is 1. The zero-order chi connectivity index (χ0) is 20.0. The third-order valence-electron chi connectivity index (χ3n) is 5.06. The number of nitrogens with zero attached hydrogens (tertiary/aromatic N) is 1. The van der Waals surface area contributed by atoms with Gasteiger partial charge in [0.05, 0.1) is 6.04 Å². The van der Waals surface area contributed by atoms with Crippen molar-refractivity contribution in [3.63, 3.8) is 0 Å². The first kappa shape index (κ1) is 20.7. The van der Waals surface area contributed by atoms with Crippen LogP contribution in [0.2, 0.25) is 0 Å². The molecular formula is C22H25F2NO2S. The van der Waals surface area contributed by atoms with Crippen LogP contribution in [-0.2, 0) is 17.1 Å². The van der Waals surface area contributed by atoms with Crippen molar-refractivity contribution in [2.45, 2.75) is 50.2 Å². The largest absolute Gasteiger partial charge is 0.382 e. The van der Waals surface area contributed by atoms with Crippen molar-refractivity contribution in [1.82, 2.24) is 4.90 Å². The summed E-state index contributed by atoms with van der Waals surface area (Å²) in [6.45, 7) is 0.594. The van der Waals surface area contributed by atoms with Crippen molar-refractivity contribution < 1.29 is 18.7 Å². The Bertz CT molecular complexity index is 777. The fraction of sp³-hybridized carbons (Fsp3) is 0.409. The molecule has 3 rings (SSSR count). The van der Waals surface area contributed by atoms with Crippen LogP contribution in [0.3, 0.4) is 0 Å². The molecular weight excluding hydrogens is 380 g/mol. The summed E-state index contributed by atoms with van der Waals surface area (Å²) in [7, 11) is 0. The molecule has 0 aliphatic carbocycles. The number of likely N-dealkylation sites (tertiary alicyclic amines) is 1. The van der Waals surface area contributed by atoms with E-state index in [1.54, 1.807) is 28.4 Å². The second kappa shape index (κ2) is 9.43. The molecule has 1 amide bonds. The Hall–Kier alpha value is -2.05. The van der Waals surface area contributed by atoms with Gasteiger partial charge in [0, 0.05) is 23.4 Å². The second-order valence-electron chi connectivity index (χ2n) is 7.05. The number of benzene rings is 1. The van der Waals surface area contributed by atoms with Crippen LogP contribution >= 0.6 is 11.3 Å². The lowest BCUT2D eigenvalue weighted by Gasteiger charge is -2.34. The normalized spacial score (nSPS) is 19.3. The molecule has 1 N–H and O–H groups in total. The highest BCUT2D eigenvalue weighted by atomic mass is 32.1. The van der Waals surface area contributed by atoms with Gasteiger partial charge in [-0.25, -0.2) is 0 Å². The SMILES string of the molecule is O=C1CCC[C@H](/C=C/[C@H](O)C(F)(F)c2ccccc2)N1CCCc1cccs1. The van der Waals surface area contributed by atoms with Crippen LogP contribution in [0.4, 0.5) is 8.78 Å². The Morgan fingerprint density at radius 3 is 2.75 bits per heavy atom. The molecule has 150 valence electrons. The molecule has 1 saturated heterocycles. The predicted octanol–water partition coefficient (Wildman–Crippen LogP) is 4.77. The van der Waals surface area contributed by atoms with Gasteiger partial charge in [0.15, 0.2) is 0 Å². The molecule has 0 unspecified atom stereocenters. The molecule has 2 heterocycles. The number of halogens is 2. The number of carbonyl (C=O) groups excluding carboxylic acids is 1. The Balaban J connectivity index is 1.63. The second-order valence-corrected chi connectivity index (χ2v) is 8.08. The molecule has 1 aliphatic heterocycles. The van der Waals surface area contributed by atoms with Crippen LogP contribution < -0.4 is 0 Å².